The molecule has 0 bridgehead atoms. The molecule has 0 amide bonds. The molecule has 0 spiro atoms. The van der Waals surface area contributed by atoms with Crippen LogP contribution in [0, 0.1) is 11.8 Å². The normalized spacial score (nSPS) is 20.2. The molecule has 29 heavy (non-hydrogen) atoms. The summed E-state index contributed by atoms with van der Waals surface area (Å²) >= 11 is 0. The third-order valence-electron chi connectivity index (χ3n) is 6.85. The molecule has 5 nitrogen and oxygen atoms in total. The molecule has 1 heterocycles. The molecular weight excluding hydrogens is 362 g/mol. The first-order valence-electron chi connectivity index (χ1n) is 11.8. The second-order valence-corrected chi connectivity index (χ2v) is 9.15. The predicted octanol–water partition coefficient (Wildman–Crippen LogP) is 4.94. The second kappa shape index (κ2) is 10.4. The fourth-order valence-corrected chi connectivity index (χ4v) is 5.11. The lowest BCUT2D eigenvalue weighted by molar-refractivity contribution is 0.202. The SMILES string of the molecule is OCC(CC1CCCCC1)NCc1nc2c(OCC3CCCCC3)cccc2[nH]1. The zero-order valence-corrected chi connectivity index (χ0v) is 17.7. The summed E-state index contributed by atoms with van der Waals surface area (Å²) in [6.07, 6.45) is 14.4. The van der Waals surface area contributed by atoms with Crippen LogP contribution in [0.3, 0.4) is 0 Å². The molecule has 1 atom stereocenters. The van der Waals surface area contributed by atoms with Crippen molar-refractivity contribution in [2.75, 3.05) is 13.2 Å². The van der Waals surface area contributed by atoms with E-state index >= 15 is 0 Å². The van der Waals surface area contributed by atoms with Gasteiger partial charge in [-0.15, -0.1) is 0 Å². The standard InChI is InChI=1S/C24H37N3O2/c28-16-20(14-18-8-3-1-4-9-18)25-15-23-26-21-12-7-13-22(24(21)27-23)29-17-19-10-5-2-6-11-19/h7,12-13,18-20,25,28H,1-6,8-11,14-17H2,(H,26,27). The van der Waals surface area contributed by atoms with Crippen LogP contribution in [0.25, 0.3) is 11.0 Å². The molecule has 0 aliphatic heterocycles. The number of hydrogen-bond donors (Lipinski definition) is 3. The third-order valence-corrected chi connectivity index (χ3v) is 6.85. The number of H-pyrrole nitrogens is 1. The molecule has 5 heteroatoms. The maximum Gasteiger partial charge on any atom is 0.147 e. The molecule has 2 saturated carbocycles. The molecule has 2 aliphatic rings. The van der Waals surface area contributed by atoms with Crippen molar-refractivity contribution in [3.8, 4) is 5.75 Å². The van der Waals surface area contributed by atoms with Crippen LogP contribution in [0.5, 0.6) is 5.75 Å². The smallest absolute Gasteiger partial charge is 0.147 e. The van der Waals surface area contributed by atoms with Gasteiger partial charge in [-0.1, -0.05) is 57.4 Å². The van der Waals surface area contributed by atoms with E-state index in [1.54, 1.807) is 0 Å². The Morgan fingerprint density at radius 2 is 1.76 bits per heavy atom. The highest BCUT2D eigenvalue weighted by Gasteiger charge is 2.19. The van der Waals surface area contributed by atoms with Crippen molar-refractivity contribution >= 4 is 11.0 Å². The van der Waals surface area contributed by atoms with Crippen molar-refractivity contribution < 1.29 is 9.84 Å². The number of para-hydroxylation sites is 1. The van der Waals surface area contributed by atoms with Gasteiger partial charge in [0.1, 0.15) is 17.1 Å². The average Bonchev–Trinajstić information content (AvgIpc) is 3.20. The first-order valence-corrected chi connectivity index (χ1v) is 11.8. The van der Waals surface area contributed by atoms with Gasteiger partial charge in [0.2, 0.25) is 0 Å². The van der Waals surface area contributed by atoms with Crippen LogP contribution in [0.2, 0.25) is 0 Å². The highest BCUT2D eigenvalue weighted by molar-refractivity contribution is 5.81. The van der Waals surface area contributed by atoms with E-state index < -0.39 is 0 Å². The third kappa shape index (κ3) is 5.73. The zero-order valence-electron chi connectivity index (χ0n) is 17.7. The van der Waals surface area contributed by atoms with E-state index in [1.165, 1.54) is 64.2 Å². The summed E-state index contributed by atoms with van der Waals surface area (Å²) in [7, 11) is 0. The van der Waals surface area contributed by atoms with Crippen molar-refractivity contribution in [2.24, 2.45) is 11.8 Å². The molecule has 2 fully saturated rings. The Morgan fingerprint density at radius 1 is 1.03 bits per heavy atom. The van der Waals surface area contributed by atoms with Crippen LogP contribution < -0.4 is 10.1 Å². The molecule has 1 unspecified atom stereocenters. The molecule has 2 aliphatic carbocycles. The number of aromatic nitrogens is 2. The predicted molar refractivity (Wildman–Crippen MR) is 117 cm³/mol. The molecule has 1 aromatic heterocycles. The number of aliphatic hydroxyl groups excluding tert-OH is 1. The molecule has 0 saturated heterocycles. The maximum absolute atomic E-state index is 9.80. The van der Waals surface area contributed by atoms with Gasteiger partial charge in [-0.05, 0) is 43.2 Å². The summed E-state index contributed by atoms with van der Waals surface area (Å²) in [6, 6.07) is 6.27. The van der Waals surface area contributed by atoms with Gasteiger partial charge >= 0.3 is 0 Å². The summed E-state index contributed by atoms with van der Waals surface area (Å²) in [5, 5.41) is 13.3. The number of aromatic amines is 1. The van der Waals surface area contributed by atoms with Gasteiger partial charge in [0.25, 0.3) is 0 Å². The summed E-state index contributed by atoms with van der Waals surface area (Å²) < 4.78 is 6.18. The highest BCUT2D eigenvalue weighted by atomic mass is 16.5. The van der Waals surface area contributed by atoms with E-state index in [2.05, 4.69) is 16.4 Å². The number of fused-ring (bicyclic) bond motifs is 1. The van der Waals surface area contributed by atoms with Crippen LogP contribution in [0.15, 0.2) is 18.2 Å². The Hall–Kier alpha value is -1.59. The minimum atomic E-state index is 0.147. The number of rotatable bonds is 9. The quantitative estimate of drug-likeness (QED) is 0.558. The Kier molecular flexibility index (Phi) is 7.44. The first kappa shape index (κ1) is 20.7. The molecular formula is C24H37N3O2. The lowest BCUT2D eigenvalue weighted by Gasteiger charge is -2.26. The van der Waals surface area contributed by atoms with Crippen LogP contribution in [-0.4, -0.2) is 34.3 Å². The van der Waals surface area contributed by atoms with Crippen LogP contribution in [0.4, 0.5) is 0 Å². The Labute approximate surface area is 174 Å². The Bertz CT molecular complexity index is 748. The van der Waals surface area contributed by atoms with Crippen molar-refractivity contribution in [3.05, 3.63) is 24.0 Å². The van der Waals surface area contributed by atoms with E-state index in [4.69, 9.17) is 9.72 Å². The first-order chi connectivity index (χ1) is 14.3. The van der Waals surface area contributed by atoms with Gasteiger partial charge in [0, 0.05) is 6.04 Å². The minimum absolute atomic E-state index is 0.147. The van der Waals surface area contributed by atoms with Crippen molar-refractivity contribution in [1.29, 1.82) is 0 Å². The van der Waals surface area contributed by atoms with Gasteiger partial charge in [-0.2, -0.15) is 0 Å². The maximum atomic E-state index is 9.80. The molecule has 0 radical (unpaired) electrons. The average molecular weight is 400 g/mol. The van der Waals surface area contributed by atoms with Crippen LogP contribution >= 0.6 is 0 Å². The summed E-state index contributed by atoms with van der Waals surface area (Å²) in [4.78, 5) is 8.23. The lowest BCUT2D eigenvalue weighted by Crippen LogP contribution is -2.34. The van der Waals surface area contributed by atoms with E-state index in [0.717, 1.165) is 41.6 Å². The monoisotopic (exact) mass is 399 g/mol. The number of imidazole rings is 1. The summed E-state index contributed by atoms with van der Waals surface area (Å²) in [6.45, 7) is 1.63. The number of hydrogen-bond acceptors (Lipinski definition) is 4. The van der Waals surface area contributed by atoms with E-state index in [9.17, 15) is 5.11 Å². The fraction of sp³-hybridized carbons (Fsp3) is 0.708. The molecule has 1 aromatic carbocycles. The number of ether oxygens (including phenoxy) is 1. The van der Waals surface area contributed by atoms with Crippen molar-refractivity contribution in [3.63, 3.8) is 0 Å². The minimum Gasteiger partial charge on any atom is -0.491 e. The largest absolute Gasteiger partial charge is 0.491 e. The van der Waals surface area contributed by atoms with Gasteiger partial charge in [0.05, 0.1) is 25.3 Å². The van der Waals surface area contributed by atoms with E-state index in [1.807, 2.05) is 12.1 Å². The van der Waals surface area contributed by atoms with Crippen molar-refractivity contribution in [2.45, 2.75) is 83.2 Å². The topological polar surface area (TPSA) is 70.2 Å². The van der Waals surface area contributed by atoms with Crippen LogP contribution in [0.1, 0.15) is 76.5 Å². The van der Waals surface area contributed by atoms with Gasteiger partial charge < -0.3 is 20.1 Å². The van der Waals surface area contributed by atoms with Gasteiger partial charge in [0.15, 0.2) is 0 Å². The number of nitrogens with zero attached hydrogens (tertiary/aromatic N) is 1. The zero-order chi connectivity index (χ0) is 19.9. The van der Waals surface area contributed by atoms with E-state index in [-0.39, 0.29) is 12.6 Å². The Morgan fingerprint density at radius 3 is 2.48 bits per heavy atom. The van der Waals surface area contributed by atoms with Gasteiger partial charge in [-0.3, -0.25) is 0 Å². The van der Waals surface area contributed by atoms with Gasteiger partial charge in [-0.25, -0.2) is 4.98 Å². The molecule has 2 aromatic rings. The second-order valence-electron chi connectivity index (χ2n) is 9.15. The summed E-state index contributed by atoms with van der Waals surface area (Å²) in [5.74, 6) is 3.24. The summed E-state index contributed by atoms with van der Waals surface area (Å²) in [5.41, 5.74) is 1.95. The molecule has 4 rings (SSSR count). The van der Waals surface area contributed by atoms with E-state index in [0.29, 0.717) is 12.5 Å². The number of benzene rings is 1. The number of nitrogens with one attached hydrogen (secondary N) is 2. The number of aliphatic hydroxyl groups is 1. The molecule has 160 valence electrons. The highest BCUT2D eigenvalue weighted by Crippen LogP contribution is 2.29. The molecule has 3 N–H and O–H groups in total. The van der Waals surface area contributed by atoms with Crippen LogP contribution in [-0.2, 0) is 6.54 Å². The fourth-order valence-electron chi connectivity index (χ4n) is 5.11. The lowest BCUT2D eigenvalue weighted by atomic mass is 9.85. The van der Waals surface area contributed by atoms with Crippen molar-refractivity contribution in [1.82, 2.24) is 15.3 Å². The Balaban J connectivity index is 1.34.